The number of benzene rings is 1. The van der Waals surface area contributed by atoms with Crippen LogP contribution in [0, 0.1) is 0 Å². The van der Waals surface area contributed by atoms with Gasteiger partial charge in [0, 0.05) is 4.90 Å². The molecule has 0 saturated carbocycles. The molecule has 1 amide bonds. The summed E-state index contributed by atoms with van der Waals surface area (Å²) in [5, 5.41) is -3.81. The van der Waals surface area contributed by atoms with Crippen molar-refractivity contribution in [2.75, 3.05) is 0 Å². The minimum atomic E-state index is -3.81. The summed E-state index contributed by atoms with van der Waals surface area (Å²) in [4.78, 5) is 10.8. The highest BCUT2D eigenvalue weighted by Crippen LogP contribution is 2.42. The molecule has 16 heavy (non-hydrogen) atoms. The maximum Gasteiger partial charge on any atom is 0.342 e. The van der Waals surface area contributed by atoms with Crippen LogP contribution in [0.15, 0.2) is 29.2 Å². The smallest absolute Gasteiger partial charge is 0.342 e. The highest BCUT2D eigenvalue weighted by atomic mass is 35.5. The fourth-order valence-electron chi connectivity index (χ4n) is 0.950. The lowest BCUT2D eigenvalue weighted by atomic mass is 10.2. The molecule has 0 aromatic heterocycles. The van der Waals surface area contributed by atoms with Gasteiger partial charge >= 0.3 is 5.25 Å². The second kappa shape index (κ2) is 4.97. The Hall–Kier alpha value is -0.880. The maximum absolute atomic E-state index is 13.0. The van der Waals surface area contributed by atoms with Crippen LogP contribution in [0.25, 0.3) is 0 Å². The van der Waals surface area contributed by atoms with Crippen molar-refractivity contribution in [1.29, 1.82) is 0 Å². The SMILES string of the molecule is NC(=O)c1ccccc1SC(F)(F)C(F)Cl. The summed E-state index contributed by atoms with van der Waals surface area (Å²) >= 11 is 4.57. The van der Waals surface area contributed by atoms with Gasteiger partial charge in [0.05, 0.1) is 5.56 Å². The molecule has 1 unspecified atom stereocenters. The maximum atomic E-state index is 13.0. The molecule has 0 saturated heterocycles. The molecule has 1 rings (SSSR count). The molecule has 0 aliphatic rings. The van der Waals surface area contributed by atoms with E-state index in [1.54, 1.807) is 0 Å². The van der Waals surface area contributed by atoms with E-state index in [9.17, 15) is 18.0 Å². The van der Waals surface area contributed by atoms with E-state index in [-0.39, 0.29) is 22.2 Å². The van der Waals surface area contributed by atoms with Gasteiger partial charge < -0.3 is 5.73 Å². The molecular formula is C9H7ClF3NOS. The summed E-state index contributed by atoms with van der Waals surface area (Å²) in [5.41, 5.74) is 2.06. The number of primary amides is 1. The molecule has 0 bridgehead atoms. The van der Waals surface area contributed by atoms with Crippen LogP contribution in [0.4, 0.5) is 13.2 Å². The molecule has 1 aromatic rings. The van der Waals surface area contributed by atoms with Crippen LogP contribution in [0.5, 0.6) is 0 Å². The van der Waals surface area contributed by atoms with Gasteiger partial charge in [-0.25, -0.2) is 4.39 Å². The Kier molecular flexibility index (Phi) is 4.09. The van der Waals surface area contributed by atoms with Crippen LogP contribution < -0.4 is 5.73 Å². The van der Waals surface area contributed by atoms with Gasteiger partial charge in [-0.1, -0.05) is 23.7 Å². The number of nitrogens with two attached hydrogens (primary N) is 1. The van der Waals surface area contributed by atoms with Crippen LogP contribution >= 0.6 is 23.4 Å². The quantitative estimate of drug-likeness (QED) is 0.674. The lowest BCUT2D eigenvalue weighted by Gasteiger charge is -2.16. The van der Waals surface area contributed by atoms with Gasteiger partial charge in [0.2, 0.25) is 11.5 Å². The number of carbonyl (C=O) groups excluding carboxylic acids is 1. The van der Waals surface area contributed by atoms with Crippen LogP contribution in [-0.2, 0) is 0 Å². The van der Waals surface area contributed by atoms with Crippen molar-refractivity contribution in [3.05, 3.63) is 29.8 Å². The van der Waals surface area contributed by atoms with Crippen molar-refractivity contribution >= 4 is 29.3 Å². The summed E-state index contributed by atoms with van der Waals surface area (Å²) in [5.74, 6) is -0.858. The lowest BCUT2D eigenvalue weighted by molar-refractivity contribution is 0.0537. The first-order chi connectivity index (χ1) is 7.34. The van der Waals surface area contributed by atoms with Gasteiger partial charge in [0.15, 0.2) is 0 Å². The minimum absolute atomic E-state index is 0.0931. The average molecular weight is 270 g/mol. The second-order valence-corrected chi connectivity index (χ2v) is 4.40. The Morgan fingerprint density at radius 1 is 1.44 bits per heavy atom. The van der Waals surface area contributed by atoms with Crippen LogP contribution in [0.3, 0.4) is 0 Å². The molecule has 88 valence electrons. The Balaban J connectivity index is 3.02. The standard InChI is InChI=1S/C9H7ClF3NOS/c10-8(11)9(12,13)16-6-4-2-1-3-5(6)7(14)15/h1-4,8H,(H2,14,15). The molecule has 0 aliphatic heterocycles. The van der Waals surface area contributed by atoms with Crippen molar-refractivity contribution in [1.82, 2.24) is 0 Å². The number of hydrogen-bond donors (Lipinski definition) is 1. The Bertz CT molecular complexity index is 400. The molecule has 1 aromatic carbocycles. The van der Waals surface area contributed by atoms with Gasteiger partial charge in [-0.05, 0) is 23.9 Å². The van der Waals surface area contributed by atoms with E-state index >= 15 is 0 Å². The van der Waals surface area contributed by atoms with Crippen molar-refractivity contribution in [2.45, 2.75) is 15.8 Å². The third-order valence-electron chi connectivity index (χ3n) is 1.65. The number of halogens is 4. The first-order valence-corrected chi connectivity index (χ1v) is 5.33. The van der Waals surface area contributed by atoms with Gasteiger partial charge in [-0.15, -0.1) is 0 Å². The van der Waals surface area contributed by atoms with Crippen molar-refractivity contribution in [3.63, 3.8) is 0 Å². The Morgan fingerprint density at radius 3 is 2.50 bits per heavy atom. The van der Waals surface area contributed by atoms with Gasteiger partial charge in [-0.3, -0.25) is 4.79 Å². The molecule has 0 heterocycles. The molecule has 0 spiro atoms. The number of hydrogen-bond acceptors (Lipinski definition) is 2. The van der Waals surface area contributed by atoms with Crippen LogP contribution in [-0.4, -0.2) is 16.8 Å². The Labute approximate surface area is 99.0 Å². The zero-order valence-corrected chi connectivity index (χ0v) is 9.36. The zero-order valence-electron chi connectivity index (χ0n) is 7.79. The molecule has 7 heteroatoms. The Morgan fingerprint density at radius 2 is 2.00 bits per heavy atom. The second-order valence-electron chi connectivity index (χ2n) is 2.82. The number of alkyl halides is 4. The molecule has 2 nitrogen and oxygen atoms in total. The molecular weight excluding hydrogens is 263 g/mol. The molecule has 1 atom stereocenters. The van der Waals surface area contributed by atoms with Gasteiger partial charge in [0.1, 0.15) is 0 Å². The van der Waals surface area contributed by atoms with Crippen molar-refractivity contribution in [2.24, 2.45) is 5.73 Å². The van der Waals surface area contributed by atoms with E-state index in [4.69, 9.17) is 17.3 Å². The normalized spacial score (nSPS) is 13.5. The van der Waals surface area contributed by atoms with E-state index < -0.39 is 16.8 Å². The van der Waals surface area contributed by atoms with Crippen molar-refractivity contribution in [3.8, 4) is 0 Å². The summed E-state index contributed by atoms with van der Waals surface area (Å²) in [6.45, 7) is 0. The van der Waals surface area contributed by atoms with Crippen LogP contribution in [0.1, 0.15) is 10.4 Å². The number of carbonyl (C=O) groups is 1. The summed E-state index contributed by atoms with van der Waals surface area (Å²) in [6, 6.07) is 5.43. The molecule has 0 aliphatic carbocycles. The van der Waals surface area contributed by atoms with Crippen LogP contribution in [0.2, 0.25) is 0 Å². The predicted octanol–water partition coefficient (Wildman–Crippen LogP) is 3.00. The van der Waals surface area contributed by atoms with E-state index in [1.165, 1.54) is 24.3 Å². The fraction of sp³-hybridized carbons (Fsp3) is 0.222. The minimum Gasteiger partial charge on any atom is -0.366 e. The molecule has 0 fully saturated rings. The summed E-state index contributed by atoms with van der Waals surface area (Å²) in [7, 11) is 0. The largest absolute Gasteiger partial charge is 0.366 e. The molecule has 0 radical (unpaired) electrons. The van der Waals surface area contributed by atoms with Gasteiger partial charge in [0.25, 0.3) is 0 Å². The topological polar surface area (TPSA) is 43.1 Å². The molecule has 2 N–H and O–H groups in total. The van der Waals surface area contributed by atoms with E-state index in [0.29, 0.717) is 0 Å². The lowest BCUT2D eigenvalue weighted by Crippen LogP contribution is -2.21. The third kappa shape index (κ3) is 3.05. The van der Waals surface area contributed by atoms with E-state index in [0.717, 1.165) is 0 Å². The predicted molar refractivity (Wildman–Crippen MR) is 56.5 cm³/mol. The monoisotopic (exact) mass is 269 g/mol. The first-order valence-electron chi connectivity index (χ1n) is 4.08. The zero-order chi connectivity index (χ0) is 12.3. The summed E-state index contributed by atoms with van der Waals surface area (Å²) < 4.78 is 38.3. The first kappa shape index (κ1) is 13.2. The average Bonchev–Trinajstić information content (AvgIpc) is 2.17. The number of thioether (sulfide) groups is 1. The third-order valence-corrected chi connectivity index (χ3v) is 3.11. The number of rotatable bonds is 4. The van der Waals surface area contributed by atoms with Crippen molar-refractivity contribution < 1.29 is 18.0 Å². The number of amides is 1. The highest BCUT2D eigenvalue weighted by molar-refractivity contribution is 8.00. The van der Waals surface area contributed by atoms with E-state index in [2.05, 4.69) is 0 Å². The fourth-order valence-corrected chi connectivity index (χ4v) is 1.89. The highest BCUT2D eigenvalue weighted by Gasteiger charge is 2.40. The summed E-state index contributed by atoms with van der Waals surface area (Å²) in [6.07, 6.45) is 0. The van der Waals surface area contributed by atoms with E-state index in [1.807, 2.05) is 0 Å². The van der Waals surface area contributed by atoms with Gasteiger partial charge in [-0.2, -0.15) is 8.78 Å².